The van der Waals surface area contributed by atoms with Gasteiger partial charge in [-0.15, -0.1) is 0 Å². The Morgan fingerprint density at radius 1 is 1.16 bits per heavy atom. The maximum Gasteiger partial charge on any atom is 0.131 e. The van der Waals surface area contributed by atoms with Crippen LogP contribution in [0, 0.1) is 23.0 Å². The lowest BCUT2D eigenvalue weighted by Gasteiger charge is -2.36. The van der Waals surface area contributed by atoms with Crippen LogP contribution in [-0.4, -0.2) is 47.7 Å². The molecular weight excluding hydrogens is 326 g/mol. The van der Waals surface area contributed by atoms with E-state index in [1.165, 1.54) is 6.07 Å². The van der Waals surface area contributed by atoms with Crippen LogP contribution in [-0.2, 0) is 0 Å². The van der Waals surface area contributed by atoms with E-state index in [1.54, 1.807) is 18.3 Å². The second-order valence-corrected chi connectivity index (χ2v) is 5.95. The number of hydrogen-bond donors (Lipinski definition) is 1. The second-order valence-electron chi connectivity index (χ2n) is 5.95. The van der Waals surface area contributed by atoms with Crippen molar-refractivity contribution in [2.75, 3.05) is 37.6 Å². The highest BCUT2D eigenvalue weighted by molar-refractivity contribution is 5.45. The van der Waals surface area contributed by atoms with Gasteiger partial charge in [-0.05, 0) is 24.3 Å². The first kappa shape index (κ1) is 17.3. The molecule has 1 saturated heterocycles. The van der Waals surface area contributed by atoms with Gasteiger partial charge in [0, 0.05) is 38.9 Å². The van der Waals surface area contributed by atoms with Crippen LogP contribution in [0.25, 0.3) is 0 Å². The fourth-order valence-corrected chi connectivity index (χ4v) is 2.99. The molecule has 0 unspecified atom stereocenters. The lowest BCUT2D eigenvalue weighted by atomic mass is 10.1. The summed E-state index contributed by atoms with van der Waals surface area (Å²) in [5.41, 5.74) is 0.270. The van der Waals surface area contributed by atoms with Crippen LogP contribution in [0.1, 0.15) is 17.2 Å². The summed E-state index contributed by atoms with van der Waals surface area (Å²) < 4.78 is 27.5. The monoisotopic (exact) mass is 344 g/mol. The number of aliphatic hydroxyl groups is 1. The van der Waals surface area contributed by atoms with Crippen molar-refractivity contribution in [2.45, 2.75) is 6.10 Å². The highest BCUT2D eigenvalue weighted by Crippen LogP contribution is 2.22. The summed E-state index contributed by atoms with van der Waals surface area (Å²) >= 11 is 0. The second kappa shape index (κ2) is 7.55. The van der Waals surface area contributed by atoms with Gasteiger partial charge in [0.05, 0.1) is 23.3 Å². The van der Waals surface area contributed by atoms with Gasteiger partial charge in [-0.25, -0.2) is 13.8 Å². The average molecular weight is 344 g/mol. The Bertz CT molecular complexity index is 765. The lowest BCUT2D eigenvalue weighted by molar-refractivity contribution is 0.103. The Hall–Kier alpha value is -2.56. The summed E-state index contributed by atoms with van der Waals surface area (Å²) in [7, 11) is 0. The van der Waals surface area contributed by atoms with Crippen LogP contribution < -0.4 is 4.90 Å². The van der Waals surface area contributed by atoms with Crippen molar-refractivity contribution in [2.24, 2.45) is 0 Å². The summed E-state index contributed by atoms with van der Waals surface area (Å²) in [5, 5.41) is 19.2. The first-order valence-corrected chi connectivity index (χ1v) is 8.04. The van der Waals surface area contributed by atoms with Gasteiger partial charge >= 0.3 is 0 Å². The molecule has 25 heavy (non-hydrogen) atoms. The zero-order chi connectivity index (χ0) is 17.8. The number of hydrogen-bond acceptors (Lipinski definition) is 5. The lowest BCUT2D eigenvalue weighted by Crippen LogP contribution is -2.48. The Morgan fingerprint density at radius 3 is 2.48 bits per heavy atom. The van der Waals surface area contributed by atoms with Gasteiger partial charge in [0.1, 0.15) is 17.5 Å². The maximum atomic E-state index is 13.7. The predicted molar refractivity (Wildman–Crippen MR) is 88.9 cm³/mol. The molecule has 1 fully saturated rings. The van der Waals surface area contributed by atoms with E-state index in [0.29, 0.717) is 31.7 Å². The van der Waals surface area contributed by atoms with E-state index in [2.05, 4.69) is 11.1 Å². The zero-order valence-corrected chi connectivity index (χ0v) is 13.6. The topological polar surface area (TPSA) is 63.4 Å². The number of β-amino-alcohol motifs (C(OH)–C–C–N with tert-alkyl or cyclic N) is 1. The Balaban J connectivity index is 1.60. The van der Waals surface area contributed by atoms with Gasteiger partial charge in [-0.2, -0.15) is 5.26 Å². The fraction of sp³-hybridized carbons (Fsp3) is 0.333. The summed E-state index contributed by atoms with van der Waals surface area (Å²) in [4.78, 5) is 8.28. The minimum Gasteiger partial charge on any atom is -0.387 e. The number of nitriles is 1. The quantitative estimate of drug-likeness (QED) is 0.920. The van der Waals surface area contributed by atoms with Crippen molar-refractivity contribution < 1.29 is 13.9 Å². The maximum absolute atomic E-state index is 13.7. The number of halogens is 2. The van der Waals surface area contributed by atoms with Crippen LogP contribution in [0.4, 0.5) is 14.6 Å². The van der Waals surface area contributed by atoms with Gasteiger partial charge in [0.2, 0.25) is 0 Å². The number of rotatable bonds is 4. The van der Waals surface area contributed by atoms with E-state index in [1.807, 2.05) is 9.80 Å². The van der Waals surface area contributed by atoms with Crippen LogP contribution in [0.2, 0.25) is 0 Å². The van der Waals surface area contributed by atoms with Gasteiger partial charge in [0.15, 0.2) is 0 Å². The smallest absolute Gasteiger partial charge is 0.131 e. The van der Waals surface area contributed by atoms with Crippen molar-refractivity contribution in [3.05, 3.63) is 59.3 Å². The highest BCUT2D eigenvalue weighted by atomic mass is 19.1. The molecule has 0 aliphatic carbocycles. The SMILES string of the molecule is N#Cc1ccnc(N2CCN(C[C@H](O)c3c(F)cccc3F)CC2)c1. The molecule has 0 amide bonds. The molecule has 2 aromatic rings. The fourth-order valence-electron chi connectivity index (χ4n) is 2.99. The minimum atomic E-state index is -1.22. The molecule has 5 nitrogen and oxygen atoms in total. The normalized spacial score (nSPS) is 16.5. The molecular formula is C18H18F2N4O. The molecule has 1 aromatic heterocycles. The van der Waals surface area contributed by atoms with E-state index in [-0.39, 0.29) is 12.1 Å². The molecule has 0 bridgehead atoms. The van der Waals surface area contributed by atoms with E-state index in [9.17, 15) is 13.9 Å². The third-order valence-corrected chi connectivity index (χ3v) is 4.33. The van der Waals surface area contributed by atoms with Gasteiger partial charge in [-0.3, -0.25) is 4.90 Å². The van der Waals surface area contributed by atoms with Crippen LogP contribution in [0.3, 0.4) is 0 Å². The third-order valence-electron chi connectivity index (χ3n) is 4.33. The van der Waals surface area contributed by atoms with Crippen molar-refractivity contribution in [3.8, 4) is 6.07 Å². The number of benzene rings is 1. The number of anilines is 1. The molecule has 2 heterocycles. The number of nitrogens with zero attached hydrogens (tertiary/aromatic N) is 4. The van der Waals surface area contributed by atoms with Crippen molar-refractivity contribution >= 4 is 5.82 Å². The van der Waals surface area contributed by atoms with Gasteiger partial charge < -0.3 is 10.0 Å². The number of aromatic nitrogens is 1. The van der Waals surface area contributed by atoms with Gasteiger partial charge in [-0.1, -0.05) is 6.07 Å². The molecule has 0 spiro atoms. The molecule has 1 aromatic carbocycles. The van der Waals surface area contributed by atoms with E-state index < -0.39 is 17.7 Å². The summed E-state index contributed by atoms with van der Waals surface area (Å²) in [6, 6.07) is 9.05. The van der Waals surface area contributed by atoms with Crippen LogP contribution in [0.15, 0.2) is 36.5 Å². The molecule has 1 aliphatic rings. The molecule has 130 valence electrons. The molecule has 1 N–H and O–H groups in total. The molecule has 1 atom stereocenters. The largest absolute Gasteiger partial charge is 0.387 e. The Morgan fingerprint density at radius 2 is 1.84 bits per heavy atom. The van der Waals surface area contributed by atoms with Gasteiger partial charge in [0.25, 0.3) is 0 Å². The first-order chi connectivity index (χ1) is 12.1. The van der Waals surface area contributed by atoms with E-state index >= 15 is 0 Å². The zero-order valence-electron chi connectivity index (χ0n) is 13.6. The standard InChI is InChI=1S/C18H18F2N4O/c19-14-2-1-3-15(20)18(14)16(25)12-23-6-8-24(9-7-23)17-10-13(11-21)4-5-22-17/h1-5,10,16,25H,6-9,12H2/t16-/m0/s1. The summed E-state index contributed by atoms with van der Waals surface area (Å²) in [6.45, 7) is 2.75. The Labute approximate surface area is 144 Å². The molecule has 3 rings (SSSR count). The van der Waals surface area contributed by atoms with Crippen molar-refractivity contribution in [1.29, 1.82) is 5.26 Å². The molecule has 0 saturated carbocycles. The van der Waals surface area contributed by atoms with E-state index in [4.69, 9.17) is 5.26 Å². The van der Waals surface area contributed by atoms with Crippen LogP contribution >= 0.6 is 0 Å². The van der Waals surface area contributed by atoms with E-state index in [0.717, 1.165) is 18.0 Å². The third kappa shape index (κ3) is 3.92. The summed E-state index contributed by atoms with van der Waals surface area (Å²) in [6.07, 6.45) is 0.387. The van der Waals surface area contributed by atoms with Crippen molar-refractivity contribution in [1.82, 2.24) is 9.88 Å². The molecule has 7 heteroatoms. The molecule has 1 aliphatic heterocycles. The molecule has 0 radical (unpaired) electrons. The minimum absolute atomic E-state index is 0.164. The van der Waals surface area contributed by atoms with Crippen molar-refractivity contribution in [3.63, 3.8) is 0 Å². The average Bonchev–Trinajstić information content (AvgIpc) is 2.62. The summed E-state index contributed by atoms with van der Waals surface area (Å²) in [5.74, 6) is -0.730. The Kier molecular flexibility index (Phi) is 5.22. The number of piperazine rings is 1. The number of pyridine rings is 1. The first-order valence-electron chi connectivity index (χ1n) is 8.04. The number of aliphatic hydroxyl groups excluding tert-OH is 1. The highest BCUT2D eigenvalue weighted by Gasteiger charge is 2.24. The van der Waals surface area contributed by atoms with Crippen LogP contribution in [0.5, 0.6) is 0 Å². The predicted octanol–water partition coefficient (Wildman–Crippen LogP) is 2.09.